The lowest BCUT2D eigenvalue weighted by molar-refractivity contribution is -0.117. The van der Waals surface area contributed by atoms with Crippen LogP contribution in [0.1, 0.15) is 33.1 Å². The number of hydrogen-bond donors (Lipinski definition) is 2. The molecule has 0 aromatic heterocycles. The van der Waals surface area contributed by atoms with E-state index in [1.165, 1.54) is 0 Å². The maximum absolute atomic E-state index is 12.0. The van der Waals surface area contributed by atoms with E-state index in [2.05, 4.69) is 10.6 Å². The van der Waals surface area contributed by atoms with Crippen molar-refractivity contribution in [3.8, 4) is 0 Å². The molecule has 0 spiro atoms. The summed E-state index contributed by atoms with van der Waals surface area (Å²) in [7, 11) is -2.96. The molecule has 1 atom stereocenters. The van der Waals surface area contributed by atoms with Crippen LogP contribution in [-0.2, 0) is 19.4 Å². The van der Waals surface area contributed by atoms with Crippen molar-refractivity contribution < 1.29 is 18.0 Å². The summed E-state index contributed by atoms with van der Waals surface area (Å²) in [6.07, 6.45) is 1.23. The van der Waals surface area contributed by atoms with Gasteiger partial charge in [0.25, 0.3) is 0 Å². The quantitative estimate of drug-likeness (QED) is 0.822. The molecule has 132 valence electrons. The molecule has 0 radical (unpaired) electrons. The molecule has 0 aliphatic carbocycles. The molecule has 2 rings (SSSR count). The summed E-state index contributed by atoms with van der Waals surface area (Å²) in [5.74, 6) is 0.252. The Hall–Kier alpha value is -1.89. The highest BCUT2D eigenvalue weighted by Crippen LogP contribution is 2.22. The molecule has 24 heavy (non-hydrogen) atoms. The molecule has 1 unspecified atom stereocenters. The Morgan fingerprint density at radius 2 is 1.62 bits per heavy atom. The third kappa shape index (κ3) is 5.96. The van der Waals surface area contributed by atoms with Gasteiger partial charge in [0, 0.05) is 24.2 Å². The zero-order chi connectivity index (χ0) is 17.7. The van der Waals surface area contributed by atoms with Gasteiger partial charge in [-0.15, -0.1) is 0 Å². The van der Waals surface area contributed by atoms with Gasteiger partial charge in [0.05, 0.1) is 11.5 Å². The number of hydrogen-bond acceptors (Lipinski definition) is 4. The van der Waals surface area contributed by atoms with Crippen molar-refractivity contribution in [3.05, 3.63) is 24.3 Å². The number of rotatable bonds is 6. The minimum atomic E-state index is -2.96. The molecular formula is C17H24N2O4S. The van der Waals surface area contributed by atoms with E-state index in [0.717, 1.165) is 0 Å². The first-order chi connectivity index (χ1) is 11.2. The zero-order valence-corrected chi connectivity index (χ0v) is 14.9. The predicted molar refractivity (Wildman–Crippen MR) is 94.5 cm³/mol. The first kappa shape index (κ1) is 18.4. The molecule has 6 nitrogen and oxygen atoms in total. The Morgan fingerprint density at radius 3 is 2.08 bits per heavy atom. The molecule has 1 aliphatic heterocycles. The normalized spacial score (nSPS) is 19.2. The van der Waals surface area contributed by atoms with Crippen molar-refractivity contribution in [1.82, 2.24) is 0 Å². The molecule has 7 heteroatoms. The van der Waals surface area contributed by atoms with E-state index >= 15 is 0 Å². The lowest BCUT2D eigenvalue weighted by atomic mass is 10.1. The van der Waals surface area contributed by atoms with Crippen LogP contribution in [0.15, 0.2) is 24.3 Å². The molecule has 1 aliphatic rings. The van der Waals surface area contributed by atoms with Crippen LogP contribution in [0.4, 0.5) is 11.4 Å². The fourth-order valence-electron chi connectivity index (χ4n) is 2.73. The van der Waals surface area contributed by atoms with E-state index in [1.54, 1.807) is 24.3 Å². The Balaban J connectivity index is 1.83. The molecule has 0 bridgehead atoms. The van der Waals surface area contributed by atoms with E-state index in [9.17, 15) is 18.0 Å². The Labute approximate surface area is 142 Å². The van der Waals surface area contributed by atoms with Gasteiger partial charge in [-0.25, -0.2) is 8.42 Å². The minimum Gasteiger partial charge on any atom is -0.326 e. The average Bonchev–Trinajstić information content (AvgIpc) is 2.79. The molecule has 2 amide bonds. The minimum absolute atomic E-state index is 0.0378. The highest BCUT2D eigenvalue weighted by atomic mass is 32.2. The number of carbonyl (C=O) groups excluding carboxylic acids is 2. The second-order valence-corrected chi connectivity index (χ2v) is 8.97. The van der Waals surface area contributed by atoms with Crippen LogP contribution in [0.5, 0.6) is 0 Å². The number of nitrogens with one attached hydrogen (secondary N) is 2. The molecule has 1 saturated heterocycles. The predicted octanol–water partition coefficient (Wildman–Crippen LogP) is 2.43. The maximum atomic E-state index is 12.0. The van der Waals surface area contributed by atoms with Crippen LogP contribution >= 0.6 is 0 Å². The second kappa shape index (κ2) is 7.79. The highest BCUT2D eigenvalue weighted by molar-refractivity contribution is 7.91. The van der Waals surface area contributed by atoms with Gasteiger partial charge in [0.2, 0.25) is 11.8 Å². The van der Waals surface area contributed by atoms with Crippen molar-refractivity contribution in [1.29, 1.82) is 0 Å². The van der Waals surface area contributed by atoms with Crippen LogP contribution in [-0.4, -0.2) is 31.7 Å². The summed E-state index contributed by atoms with van der Waals surface area (Å²) in [4.78, 5) is 23.7. The van der Waals surface area contributed by atoms with E-state index in [-0.39, 0.29) is 35.7 Å². The first-order valence-corrected chi connectivity index (χ1v) is 9.96. The van der Waals surface area contributed by atoms with Crippen LogP contribution in [0.2, 0.25) is 0 Å². The monoisotopic (exact) mass is 352 g/mol. The van der Waals surface area contributed by atoms with Gasteiger partial charge in [-0.2, -0.15) is 0 Å². The molecule has 0 saturated carbocycles. The lowest BCUT2D eigenvalue weighted by Crippen LogP contribution is -2.17. The van der Waals surface area contributed by atoms with E-state index < -0.39 is 9.84 Å². The molecular weight excluding hydrogens is 328 g/mol. The number of benzene rings is 1. The second-order valence-electron chi connectivity index (χ2n) is 6.74. The fourth-order valence-corrected chi connectivity index (χ4v) is 4.59. The molecule has 1 heterocycles. The lowest BCUT2D eigenvalue weighted by Gasteiger charge is -2.10. The zero-order valence-electron chi connectivity index (χ0n) is 14.0. The summed E-state index contributed by atoms with van der Waals surface area (Å²) >= 11 is 0. The Morgan fingerprint density at radius 1 is 1.08 bits per heavy atom. The standard InChI is InChI=1S/C17H24N2O4S/c1-12(2)9-16(20)18-14-3-5-15(6-4-14)19-17(21)10-13-7-8-24(22,23)11-13/h3-6,12-13H,7-11H2,1-2H3,(H,18,20)(H,19,21). The first-order valence-electron chi connectivity index (χ1n) is 8.14. The third-order valence-electron chi connectivity index (χ3n) is 3.85. The molecule has 1 fully saturated rings. The largest absolute Gasteiger partial charge is 0.326 e. The van der Waals surface area contributed by atoms with E-state index in [0.29, 0.717) is 30.1 Å². The Bertz CT molecular complexity index is 696. The van der Waals surface area contributed by atoms with Gasteiger partial charge in [-0.1, -0.05) is 13.8 Å². The molecule has 1 aromatic rings. The summed E-state index contributed by atoms with van der Waals surface area (Å²) in [5.41, 5.74) is 1.31. The molecule has 2 N–H and O–H groups in total. The average molecular weight is 352 g/mol. The van der Waals surface area contributed by atoms with Crippen molar-refractivity contribution in [2.75, 3.05) is 22.1 Å². The van der Waals surface area contributed by atoms with Crippen LogP contribution in [0, 0.1) is 11.8 Å². The van der Waals surface area contributed by atoms with Crippen molar-refractivity contribution in [2.45, 2.75) is 33.1 Å². The molecule has 1 aromatic carbocycles. The van der Waals surface area contributed by atoms with Gasteiger partial charge < -0.3 is 10.6 Å². The van der Waals surface area contributed by atoms with Gasteiger partial charge in [0.15, 0.2) is 9.84 Å². The number of sulfone groups is 1. The smallest absolute Gasteiger partial charge is 0.224 e. The topological polar surface area (TPSA) is 92.3 Å². The number of amides is 2. The fraction of sp³-hybridized carbons (Fsp3) is 0.529. The van der Waals surface area contributed by atoms with Crippen LogP contribution < -0.4 is 10.6 Å². The van der Waals surface area contributed by atoms with Crippen LogP contribution in [0.3, 0.4) is 0 Å². The SMILES string of the molecule is CC(C)CC(=O)Nc1ccc(NC(=O)CC2CCS(=O)(=O)C2)cc1. The van der Waals surface area contributed by atoms with Crippen LogP contribution in [0.25, 0.3) is 0 Å². The van der Waals surface area contributed by atoms with Crippen molar-refractivity contribution in [3.63, 3.8) is 0 Å². The van der Waals surface area contributed by atoms with Gasteiger partial charge >= 0.3 is 0 Å². The third-order valence-corrected chi connectivity index (χ3v) is 5.68. The van der Waals surface area contributed by atoms with Gasteiger partial charge in [-0.05, 0) is 42.5 Å². The summed E-state index contributed by atoms with van der Waals surface area (Å²) in [5, 5.41) is 5.57. The summed E-state index contributed by atoms with van der Waals surface area (Å²) < 4.78 is 22.8. The summed E-state index contributed by atoms with van der Waals surface area (Å²) in [6.45, 7) is 3.96. The van der Waals surface area contributed by atoms with Gasteiger partial charge in [0.1, 0.15) is 0 Å². The van der Waals surface area contributed by atoms with E-state index in [4.69, 9.17) is 0 Å². The van der Waals surface area contributed by atoms with E-state index in [1.807, 2.05) is 13.8 Å². The summed E-state index contributed by atoms with van der Waals surface area (Å²) in [6, 6.07) is 6.89. The van der Waals surface area contributed by atoms with Gasteiger partial charge in [-0.3, -0.25) is 9.59 Å². The van der Waals surface area contributed by atoms with Crippen molar-refractivity contribution >= 4 is 33.0 Å². The number of carbonyl (C=O) groups is 2. The Kier molecular flexibility index (Phi) is 5.99. The number of anilines is 2. The van der Waals surface area contributed by atoms with Crippen molar-refractivity contribution in [2.24, 2.45) is 11.8 Å². The maximum Gasteiger partial charge on any atom is 0.224 e. The highest BCUT2D eigenvalue weighted by Gasteiger charge is 2.29.